The van der Waals surface area contributed by atoms with E-state index in [4.69, 9.17) is 44.1 Å². The summed E-state index contributed by atoms with van der Waals surface area (Å²) in [7, 11) is 1.91. The Hall–Kier alpha value is 6.94. The van der Waals surface area contributed by atoms with Crippen LogP contribution in [0.3, 0.4) is 0 Å². The van der Waals surface area contributed by atoms with E-state index in [2.05, 4.69) is 52.8 Å². The summed E-state index contributed by atoms with van der Waals surface area (Å²) in [5.74, 6) is 16.0. The number of carbonyl (C=O) groups is 1. The van der Waals surface area contributed by atoms with E-state index in [1.165, 1.54) is 161 Å². The Bertz CT molecular complexity index is 3510. The molecule has 1 heterocycles. The molecule has 0 aromatic carbocycles. The maximum Gasteiger partial charge on any atom is 1.00 e. The Labute approximate surface area is 978 Å². The molecular weight excluding hydrogens is 1880 g/mol. The molecule has 39 atom stereocenters. The molecule has 0 aromatic heterocycles. The van der Waals surface area contributed by atoms with Crippen LogP contribution in [0.5, 0.6) is 0 Å². The Kier molecular flexibility index (Phi) is 42.2. The van der Waals surface area contributed by atoms with Gasteiger partial charge in [0.2, 0.25) is 0 Å². The second-order valence-corrected chi connectivity index (χ2v) is 46.2. The summed E-state index contributed by atoms with van der Waals surface area (Å²) < 4.78 is 11.9. The molecule has 1 aliphatic heterocycles. The quantitative estimate of drug-likeness (QED) is 0.172. The molecule has 0 bridgehead atoms. The minimum absolute atomic E-state index is 0. The van der Waals surface area contributed by atoms with Gasteiger partial charge in [-0.05, 0) is 269 Å². The zero-order chi connectivity index (χ0) is 78.2. The average Bonchev–Trinajstić information content (AvgIpc) is 1.53. The number of carbonyl (C=O) groups excluding carboxylic acids is 1. The number of hydrogen-bond acceptors (Lipinski definition) is 15. The van der Waals surface area contributed by atoms with E-state index in [-0.39, 0.29) is 404 Å². The molecular formula is C101H160N2O13Rb5-5. The molecule has 20 aliphatic carbocycles. The van der Waals surface area contributed by atoms with E-state index in [0.717, 1.165) is 211 Å². The maximum absolute atomic E-state index is 12.2. The number of epoxide rings is 1. The van der Waals surface area contributed by atoms with Crippen LogP contribution < -0.4 is 291 Å². The third-order valence-electron chi connectivity index (χ3n) is 43.0. The van der Waals surface area contributed by atoms with Crippen molar-refractivity contribution in [3.8, 4) is 12.1 Å². The van der Waals surface area contributed by atoms with Gasteiger partial charge in [0.15, 0.2) is 0 Å². The predicted molar refractivity (Wildman–Crippen MR) is 449 cm³/mol. The first-order valence-corrected chi connectivity index (χ1v) is 47.7. The van der Waals surface area contributed by atoms with Crippen molar-refractivity contribution < 1.29 is 358 Å². The van der Waals surface area contributed by atoms with Crippen LogP contribution in [0, 0.1) is 242 Å². The fourth-order valence-electron chi connectivity index (χ4n) is 36.7. The Morgan fingerprint density at radius 1 is 0.388 bits per heavy atom. The number of ether oxygens (including phenoxy) is 2. The molecule has 121 heavy (non-hydrogen) atoms. The molecule has 19 saturated carbocycles. The molecule has 21 rings (SSSR count). The molecule has 21 aliphatic rings. The molecule has 0 radical (unpaired) electrons. The molecule has 1 spiro atoms. The summed E-state index contributed by atoms with van der Waals surface area (Å²) in [6.45, 7) is 39.0. The van der Waals surface area contributed by atoms with E-state index in [1.54, 1.807) is 0 Å². The van der Waals surface area contributed by atoms with E-state index in [9.17, 15) is 40.9 Å². The number of fused-ring (bicyclic) bond motifs is 26. The second-order valence-electron chi connectivity index (χ2n) is 46.2. The van der Waals surface area contributed by atoms with E-state index in [1.807, 2.05) is 14.0 Å². The first kappa shape index (κ1) is 115. The number of Topliss-reactive ketones (excluding diaryl/α,β-unsaturated/α-hetero) is 1. The van der Waals surface area contributed by atoms with E-state index < -0.39 is 0 Å². The van der Waals surface area contributed by atoms with Crippen molar-refractivity contribution in [3.05, 3.63) is 46.3 Å². The summed E-state index contributed by atoms with van der Waals surface area (Å²) >= 11 is 0. The number of hydrogen-bond donors (Lipinski definition) is 5. The molecule has 20 heteroatoms. The molecule has 15 nitrogen and oxygen atoms in total. The molecule has 10 N–H and O–H groups in total. The van der Waals surface area contributed by atoms with Gasteiger partial charge in [-0.1, -0.05) is 196 Å². The number of nitriles is 2. The third-order valence-corrected chi connectivity index (χ3v) is 43.0. The summed E-state index contributed by atoms with van der Waals surface area (Å²) in [5, 5.41) is 69.4. The van der Waals surface area contributed by atoms with Gasteiger partial charge >= 0.3 is 291 Å². The zero-order valence-corrected chi connectivity index (χ0v) is 103. The molecule has 20 fully saturated rings. The smallest absolute Gasteiger partial charge is 0.870 e. The van der Waals surface area contributed by atoms with Crippen molar-refractivity contribution in [1.82, 2.24) is 0 Å². The van der Waals surface area contributed by atoms with Gasteiger partial charge in [0.05, 0.1) is 66.9 Å². The number of aliphatic hydroxyl groups is 5. The predicted octanol–water partition coefficient (Wildman–Crippen LogP) is 5.35. The normalized spacial score (nSPS) is 52.8. The van der Waals surface area contributed by atoms with Crippen LogP contribution in [0.4, 0.5) is 0 Å². The molecule has 0 amide bonds. The Morgan fingerprint density at radius 2 is 0.711 bits per heavy atom. The number of ketones is 1. The minimum atomic E-state index is -0.0939. The SMILES string of the molecule is [CH2-][C@]12CC[C@@H](O)C[C@@H]1CC[C@@H]1[C@@H]2CC[C@@]2(C)[C@H]1CC[C@@]21CO1.[CH2-][C@]12CC[C@@H](O)C[C@@H]1CC[C@@H]1[C@@H]2CC[C@]2(C)C(C#N)=CC[C@@H]12.[CH2-][C@]12CC[C@@H](O)C[C@@H]1CC[C@@H]1[C@@H]2CC[C@]2(C)[C@@H](C#N)CC[C@@H]12.[CH2-][C@]12CC[C@@H](O)C[C@@H]1CC[C@@H]1[C@@H]2CC[C@]2(C)[C@@H](C(C)=O)CC[C@@H]12.[CH2-][C@]12CC[C@@H](O)C[C@@H]1CC[C@@H]1[C@@H]2CC[C@]2(C)[C@@H](OC)CC[C@@H]12.[OH-].[OH-].[OH-].[OH-].[OH-].[Rb+].[Rb+].[Rb+].[Rb+].[Rb+]. The summed E-state index contributed by atoms with van der Waals surface area (Å²) in [5.41, 5.74) is 3.99. The Morgan fingerprint density at radius 3 is 1.08 bits per heavy atom. The number of rotatable bonds is 2. The van der Waals surface area contributed by atoms with E-state index >= 15 is 0 Å². The van der Waals surface area contributed by atoms with Crippen LogP contribution in [0.1, 0.15) is 324 Å². The van der Waals surface area contributed by atoms with Gasteiger partial charge in [0.1, 0.15) is 5.78 Å². The van der Waals surface area contributed by atoms with Gasteiger partial charge in [0.25, 0.3) is 0 Å². The summed E-state index contributed by atoms with van der Waals surface area (Å²) in [6.07, 6.45) is 54.6. The zero-order valence-electron chi connectivity index (χ0n) is 78.2. The fraction of sp³-hybridized carbons (Fsp3) is 0.901. The summed E-state index contributed by atoms with van der Waals surface area (Å²) in [6, 6.07) is 5.11. The molecule has 662 valence electrons. The van der Waals surface area contributed by atoms with Crippen LogP contribution in [-0.2, 0) is 14.3 Å². The van der Waals surface area contributed by atoms with Gasteiger partial charge in [0, 0.05) is 29.4 Å². The van der Waals surface area contributed by atoms with Gasteiger partial charge in [-0.2, -0.15) is 37.6 Å². The summed E-state index contributed by atoms with van der Waals surface area (Å²) in [4.78, 5) is 12.2. The van der Waals surface area contributed by atoms with Crippen molar-refractivity contribution in [3.63, 3.8) is 0 Å². The second kappa shape index (κ2) is 44.4. The number of nitrogens with zero attached hydrogens (tertiary/aromatic N) is 2. The largest absolute Gasteiger partial charge is 1.00 e. The van der Waals surface area contributed by atoms with Gasteiger partial charge < -0.3 is 97.0 Å². The van der Waals surface area contributed by atoms with Crippen LogP contribution >= 0.6 is 0 Å². The van der Waals surface area contributed by atoms with Crippen molar-refractivity contribution >= 4 is 5.78 Å². The van der Waals surface area contributed by atoms with Crippen LogP contribution in [0.25, 0.3) is 0 Å². The number of aliphatic hydroxyl groups excluding tert-OH is 5. The standard InChI is InChI=1S/C21H33O2.C20H30NO.C20H28NO.C20H31O2.C20H33O2.5H2O.5Rb/c1-13(22)17-6-7-18-16-5-4-14-12-15(23)8-10-20(14,2)19(16)9-11-21(17,18)3;2*1-19-9-7-15(22)11-13(19)3-5-16-17-6-4-14(12-21)20(17,2)10-8-18(16)19;1-18-8-5-14(21)11-13(18)3-4-15-16(18)6-9-19(2)17(15)7-10-20(19)12-22-20;1-19-10-8-14(21)12-13(19)4-5-15-16-6-7-18(22-3)20(16,2)11-9-17(15)19;;;;;;;;;;/h14-19,23H,2,4-12H2,1,3H3;13-18,22H,1,3-11H2,2H3;4,13,15-18,22H,1,3,5-11H2,2H3;13-17,21H,1,3-12H2,2H3;13-18,21H,1,4-12H2,2-3H3;5*1H2;;;;;/q5*-1;;;;;;5*+1/p-5/t14-,15+,16-,17+,18-,19-,20-,21+;13-,14+,15+,16-,17-,18-,19-,20+;13-,15+,16-,17-,18-,19-,20+;13-,14+,15+,16-,17-,18-,19-,20+;13-,14+,15-,16-,17-,18-,19-,20-;;;;;;;;;;/m00000........../s1. The number of allylic oxidation sites excluding steroid dienone is 2. The third kappa shape index (κ3) is 19.9. The van der Waals surface area contributed by atoms with Gasteiger partial charge in [-0.25, -0.2) is 0 Å². The van der Waals surface area contributed by atoms with Crippen LogP contribution in [0.2, 0.25) is 0 Å². The maximum atomic E-state index is 12.2. The molecule has 0 unspecified atom stereocenters. The molecule has 1 saturated heterocycles. The number of methoxy groups -OCH3 is 1. The van der Waals surface area contributed by atoms with Crippen LogP contribution in [-0.4, -0.2) is 115 Å². The van der Waals surface area contributed by atoms with Crippen molar-refractivity contribution in [2.24, 2.45) is 184 Å². The van der Waals surface area contributed by atoms with E-state index in [0.29, 0.717) is 70.1 Å². The first-order chi connectivity index (χ1) is 52.8. The van der Waals surface area contributed by atoms with Gasteiger partial charge in [-0.3, -0.25) is 4.79 Å². The van der Waals surface area contributed by atoms with Crippen molar-refractivity contribution in [2.75, 3.05) is 13.7 Å². The van der Waals surface area contributed by atoms with Crippen molar-refractivity contribution in [1.29, 1.82) is 10.5 Å². The first-order valence-electron chi connectivity index (χ1n) is 47.7. The monoisotopic (exact) mass is 2030 g/mol. The topological polar surface area (TPSA) is 338 Å². The van der Waals surface area contributed by atoms with Crippen LogP contribution in [0.15, 0.2) is 11.6 Å². The van der Waals surface area contributed by atoms with Gasteiger partial charge in [-0.15, -0.1) is 0 Å². The average molecular weight is 2040 g/mol. The fourth-order valence-corrected chi connectivity index (χ4v) is 36.7. The van der Waals surface area contributed by atoms with Crippen molar-refractivity contribution in [2.45, 2.75) is 366 Å². The molecule has 0 aromatic rings. The Balaban J connectivity index is 0.000000204. The minimum Gasteiger partial charge on any atom is -0.870 e.